The summed E-state index contributed by atoms with van der Waals surface area (Å²) in [4.78, 5) is 15.9. The molecule has 0 radical (unpaired) electrons. The van der Waals surface area contributed by atoms with E-state index in [2.05, 4.69) is 0 Å². The van der Waals surface area contributed by atoms with E-state index in [9.17, 15) is 13.6 Å². The molecule has 1 fully saturated rings. The number of halogens is 2. The highest BCUT2D eigenvalue weighted by Gasteiger charge is 2.34. The molecule has 0 spiro atoms. The van der Waals surface area contributed by atoms with Gasteiger partial charge in [-0.15, -0.1) is 11.3 Å². The first-order valence-electron chi connectivity index (χ1n) is 8.12. The lowest BCUT2D eigenvalue weighted by atomic mass is 10.1. The molecular formula is C17H18F2N2O2S. The van der Waals surface area contributed by atoms with Gasteiger partial charge in [0.15, 0.2) is 0 Å². The number of hydrogen-bond donors (Lipinski definition) is 0. The average Bonchev–Trinajstić information content (AvgIpc) is 3.30. The Morgan fingerprint density at radius 3 is 2.83 bits per heavy atom. The molecule has 2 aliphatic rings. The summed E-state index contributed by atoms with van der Waals surface area (Å²) in [5.41, 5.74) is 1.80. The van der Waals surface area contributed by atoms with Crippen LogP contribution in [0, 0.1) is 0 Å². The van der Waals surface area contributed by atoms with Crippen LogP contribution >= 0.6 is 11.3 Å². The number of ether oxygens (including phenoxy) is 1. The van der Waals surface area contributed by atoms with E-state index in [1.54, 1.807) is 11.3 Å². The molecule has 1 aliphatic carbocycles. The van der Waals surface area contributed by atoms with Crippen molar-refractivity contribution in [2.75, 3.05) is 19.7 Å². The molecule has 4 rings (SSSR count). The molecular weight excluding hydrogens is 334 g/mol. The van der Waals surface area contributed by atoms with Crippen molar-refractivity contribution in [1.29, 1.82) is 0 Å². The smallest absolute Gasteiger partial charge is 0.266 e. The fourth-order valence-electron chi connectivity index (χ4n) is 3.43. The topological polar surface area (TPSA) is 34.5 Å². The molecule has 0 N–H and O–H groups in total. The summed E-state index contributed by atoms with van der Waals surface area (Å²) in [7, 11) is 0. The molecule has 1 saturated heterocycles. The fourth-order valence-corrected chi connectivity index (χ4v) is 4.78. The highest BCUT2D eigenvalue weighted by Crippen LogP contribution is 2.38. The molecule has 0 aromatic carbocycles. The van der Waals surface area contributed by atoms with Crippen molar-refractivity contribution in [3.8, 4) is 5.00 Å². The zero-order chi connectivity index (χ0) is 16.7. The van der Waals surface area contributed by atoms with Gasteiger partial charge in [-0.05, 0) is 37.0 Å². The van der Waals surface area contributed by atoms with Crippen molar-refractivity contribution in [1.82, 2.24) is 9.47 Å². The van der Waals surface area contributed by atoms with Crippen LogP contribution in [0.25, 0.3) is 5.00 Å². The molecule has 1 unspecified atom stereocenters. The number of fused-ring (bicyclic) bond motifs is 1. The molecule has 1 aliphatic heterocycles. The third-order valence-electron chi connectivity index (χ3n) is 4.62. The SMILES string of the molecule is O=C(c1c(-n2cccc2)sc2c1CCC2)N1CCOC(C(F)F)C1. The Morgan fingerprint density at radius 1 is 1.29 bits per heavy atom. The van der Waals surface area contributed by atoms with Crippen LogP contribution in [0.4, 0.5) is 8.78 Å². The van der Waals surface area contributed by atoms with Crippen LogP contribution in [0.2, 0.25) is 0 Å². The summed E-state index contributed by atoms with van der Waals surface area (Å²) >= 11 is 1.64. The Hall–Kier alpha value is -1.73. The van der Waals surface area contributed by atoms with Gasteiger partial charge in [0, 0.05) is 23.8 Å². The first-order valence-corrected chi connectivity index (χ1v) is 8.93. The standard InChI is InChI=1S/C17H18F2N2O2S/c18-15(19)12-10-21(8-9-23-12)16(22)14-11-4-3-5-13(11)24-17(14)20-6-1-2-7-20/h1-2,6-7,12,15H,3-5,8-10H2. The van der Waals surface area contributed by atoms with Crippen molar-refractivity contribution < 1.29 is 18.3 Å². The maximum Gasteiger partial charge on any atom is 0.266 e. The first-order chi connectivity index (χ1) is 11.6. The quantitative estimate of drug-likeness (QED) is 0.851. The van der Waals surface area contributed by atoms with E-state index in [0.29, 0.717) is 12.1 Å². The minimum absolute atomic E-state index is 0.0494. The zero-order valence-electron chi connectivity index (χ0n) is 13.1. The minimum atomic E-state index is -2.57. The lowest BCUT2D eigenvalue weighted by Crippen LogP contribution is -2.48. The normalized spacial score (nSPS) is 20.6. The number of carbonyl (C=O) groups is 1. The van der Waals surface area contributed by atoms with Crippen molar-refractivity contribution in [3.05, 3.63) is 40.5 Å². The van der Waals surface area contributed by atoms with Gasteiger partial charge in [0.1, 0.15) is 11.1 Å². The molecule has 0 bridgehead atoms. The Morgan fingerprint density at radius 2 is 2.08 bits per heavy atom. The maximum atomic E-state index is 13.1. The summed E-state index contributed by atoms with van der Waals surface area (Å²) in [6.45, 7) is 0.468. The van der Waals surface area contributed by atoms with Gasteiger partial charge in [0.25, 0.3) is 12.3 Å². The van der Waals surface area contributed by atoms with Crippen LogP contribution in [-0.4, -0.2) is 47.6 Å². The number of aromatic nitrogens is 1. The second-order valence-electron chi connectivity index (χ2n) is 6.12. The summed E-state index contributed by atoms with van der Waals surface area (Å²) in [6, 6.07) is 3.83. The molecule has 24 heavy (non-hydrogen) atoms. The van der Waals surface area contributed by atoms with Gasteiger partial charge in [-0.1, -0.05) is 0 Å². The third kappa shape index (κ3) is 2.65. The number of rotatable bonds is 3. The number of hydrogen-bond acceptors (Lipinski definition) is 3. The minimum Gasteiger partial charge on any atom is -0.369 e. The van der Waals surface area contributed by atoms with E-state index in [1.807, 2.05) is 29.1 Å². The van der Waals surface area contributed by atoms with E-state index >= 15 is 0 Å². The number of thiophene rings is 1. The summed E-state index contributed by atoms with van der Waals surface area (Å²) < 4.78 is 32.9. The second-order valence-corrected chi connectivity index (χ2v) is 7.21. The highest BCUT2D eigenvalue weighted by molar-refractivity contribution is 7.15. The molecule has 4 nitrogen and oxygen atoms in total. The van der Waals surface area contributed by atoms with E-state index in [-0.39, 0.29) is 19.1 Å². The highest BCUT2D eigenvalue weighted by atomic mass is 32.1. The maximum absolute atomic E-state index is 13.1. The number of morpholine rings is 1. The average molecular weight is 352 g/mol. The van der Waals surface area contributed by atoms with Crippen molar-refractivity contribution in [2.24, 2.45) is 0 Å². The molecule has 128 valence electrons. The zero-order valence-corrected chi connectivity index (χ0v) is 13.9. The molecule has 7 heteroatoms. The van der Waals surface area contributed by atoms with Gasteiger partial charge in [0.05, 0.1) is 18.7 Å². The van der Waals surface area contributed by atoms with Gasteiger partial charge in [-0.2, -0.15) is 0 Å². The van der Waals surface area contributed by atoms with Gasteiger partial charge in [0.2, 0.25) is 0 Å². The molecule has 2 aromatic rings. The lowest BCUT2D eigenvalue weighted by molar-refractivity contribution is -0.0942. The van der Waals surface area contributed by atoms with Crippen LogP contribution in [-0.2, 0) is 17.6 Å². The van der Waals surface area contributed by atoms with E-state index in [1.165, 1.54) is 9.78 Å². The van der Waals surface area contributed by atoms with Crippen LogP contribution in [0.15, 0.2) is 24.5 Å². The molecule has 1 amide bonds. The number of amides is 1. The largest absolute Gasteiger partial charge is 0.369 e. The third-order valence-corrected chi connectivity index (χ3v) is 5.92. The molecule has 2 aromatic heterocycles. The van der Waals surface area contributed by atoms with Crippen molar-refractivity contribution >= 4 is 17.2 Å². The Bertz CT molecular complexity index is 742. The van der Waals surface area contributed by atoms with Crippen LogP contribution < -0.4 is 0 Å². The van der Waals surface area contributed by atoms with Crippen molar-refractivity contribution in [2.45, 2.75) is 31.8 Å². The first kappa shape index (κ1) is 15.8. The van der Waals surface area contributed by atoms with Crippen LogP contribution in [0.5, 0.6) is 0 Å². The van der Waals surface area contributed by atoms with Crippen LogP contribution in [0.1, 0.15) is 27.2 Å². The van der Waals surface area contributed by atoms with Gasteiger partial charge < -0.3 is 14.2 Å². The van der Waals surface area contributed by atoms with Crippen LogP contribution in [0.3, 0.4) is 0 Å². The number of aryl methyl sites for hydroxylation is 1. The Kier molecular flexibility index (Phi) is 4.14. The molecule has 3 heterocycles. The van der Waals surface area contributed by atoms with Gasteiger partial charge in [-0.3, -0.25) is 4.79 Å². The monoisotopic (exact) mass is 352 g/mol. The fraction of sp³-hybridized carbons (Fsp3) is 0.471. The van der Waals surface area contributed by atoms with E-state index < -0.39 is 12.5 Å². The summed E-state index contributed by atoms with van der Waals surface area (Å²) in [5.74, 6) is -0.146. The molecule has 0 saturated carbocycles. The van der Waals surface area contributed by atoms with Gasteiger partial charge >= 0.3 is 0 Å². The molecule has 1 atom stereocenters. The Labute approximate surface area is 142 Å². The van der Waals surface area contributed by atoms with E-state index in [4.69, 9.17) is 4.74 Å². The van der Waals surface area contributed by atoms with Crippen molar-refractivity contribution in [3.63, 3.8) is 0 Å². The van der Waals surface area contributed by atoms with E-state index in [0.717, 1.165) is 29.8 Å². The predicted octanol–water partition coefficient (Wildman–Crippen LogP) is 3.13. The lowest BCUT2D eigenvalue weighted by Gasteiger charge is -2.32. The number of carbonyl (C=O) groups excluding carboxylic acids is 1. The Balaban J connectivity index is 1.69. The number of alkyl halides is 2. The predicted molar refractivity (Wildman–Crippen MR) is 87.3 cm³/mol. The second kappa shape index (κ2) is 6.29. The van der Waals surface area contributed by atoms with Gasteiger partial charge in [-0.25, -0.2) is 8.78 Å². The summed E-state index contributed by atoms with van der Waals surface area (Å²) in [5, 5.41) is 0.898. The number of nitrogens with zero attached hydrogens (tertiary/aromatic N) is 2. The summed E-state index contributed by atoms with van der Waals surface area (Å²) in [6.07, 6.45) is 3.00.